The molecule has 0 heterocycles. The third-order valence-electron chi connectivity index (χ3n) is 3.48. The summed E-state index contributed by atoms with van der Waals surface area (Å²) in [5.41, 5.74) is -0.0439. The second kappa shape index (κ2) is 7.08. The van der Waals surface area contributed by atoms with Crippen LogP contribution in [0.5, 0.6) is 0 Å². The molecule has 0 aliphatic heterocycles. The third kappa shape index (κ3) is 3.83. The van der Waals surface area contributed by atoms with Crippen molar-refractivity contribution in [1.29, 1.82) is 0 Å². The Morgan fingerprint density at radius 1 is 1.30 bits per heavy atom. The summed E-state index contributed by atoms with van der Waals surface area (Å²) in [6.07, 6.45) is 1.33. The number of rotatable bonds is 6. The Balaban J connectivity index is 2.84. The van der Waals surface area contributed by atoms with E-state index in [0.717, 1.165) is 12.0 Å². The van der Waals surface area contributed by atoms with Crippen molar-refractivity contribution in [3.63, 3.8) is 0 Å². The van der Waals surface area contributed by atoms with Gasteiger partial charge >= 0.3 is 5.97 Å². The molecule has 1 amide bonds. The molecule has 0 bridgehead atoms. The number of methoxy groups -OCH3 is 1. The van der Waals surface area contributed by atoms with Gasteiger partial charge in [-0.1, -0.05) is 43.7 Å². The van der Waals surface area contributed by atoms with Gasteiger partial charge in [0.15, 0.2) is 0 Å². The first-order valence-corrected chi connectivity index (χ1v) is 6.90. The number of amides is 1. The molecular formula is C16H23NO3. The fraction of sp³-hybridized carbons (Fsp3) is 0.500. The Morgan fingerprint density at radius 3 is 2.40 bits per heavy atom. The van der Waals surface area contributed by atoms with Crippen LogP contribution in [0.15, 0.2) is 30.3 Å². The van der Waals surface area contributed by atoms with Gasteiger partial charge in [-0.15, -0.1) is 0 Å². The average Bonchev–Trinajstić information content (AvgIpc) is 2.46. The smallest absolute Gasteiger partial charge is 0.331 e. The van der Waals surface area contributed by atoms with Gasteiger partial charge in [0.2, 0.25) is 5.91 Å². The van der Waals surface area contributed by atoms with Crippen molar-refractivity contribution >= 4 is 11.9 Å². The van der Waals surface area contributed by atoms with Gasteiger partial charge in [-0.25, -0.2) is 4.79 Å². The molecule has 0 aliphatic carbocycles. The predicted octanol–water partition coefficient (Wildman–Crippen LogP) is 2.64. The van der Waals surface area contributed by atoms with E-state index < -0.39 is 11.5 Å². The number of nitrogens with one attached hydrogen (secondary N) is 1. The number of ether oxygens (including phenoxy) is 1. The van der Waals surface area contributed by atoms with Crippen molar-refractivity contribution in [2.24, 2.45) is 0 Å². The Morgan fingerprint density at radius 2 is 1.90 bits per heavy atom. The van der Waals surface area contributed by atoms with Crippen LogP contribution in [0.3, 0.4) is 0 Å². The number of carbonyl (C=O) groups excluding carboxylic acids is 2. The van der Waals surface area contributed by atoms with E-state index in [4.69, 9.17) is 4.74 Å². The van der Waals surface area contributed by atoms with E-state index in [2.05, 4.69) is 5.32 Å². The van der Waals surface area contributed by atoms with E-state index in [-0.39, 0.29) is 11.8 Å². The number of carbonyl (C=O) groups is 2. The van der Waals surface area contributed by atoms with Gasteiger partial charge in [0.05, 0.1) is 13.0 Å². The molecule has 20 heavy (non-hydrogen) atoms. The lowest BCUT2D eigenvalue weighted by atomic mass is 9.93. The standard InChI is InChI=1S/C16H23NO3/c1-5-11-16(3,15(19)20-4)17-14(18)12(2)13-9-7-6-8-10-13/h6-10,12H,5,11H2,1-4H3,(H,17,18). The summed E-state index contributed by atoms with van der Waals surface area (Å²) in [4.78, 5) is 24.2. The molecule has 0 radical (unpaired) electrons. The first-order chi connectivity index (χ1) is 9.44. The molecule has 4 heteroatoms. The normalized spacial score (nSPS) is 15.0. The minimum Gasteiger partial charge on any atom is -0.467 e. The molecule has 4 nitrogen and oxygen atoms in total. The summed E-state index contributed by atoms with van der Waals surface area (Å²) in [6.45, 7) is 5.50. The maximum Gasteiger partial charge on any atom is 0.331 e. The van der Waals surface area contributed by atoms with Crippen molar-refractivity contribution in [2.45, 2.75) is 45.1 Å². The van der Waals surface area contributed by atoms with E-state index in [1.807, 2.05) is 44.2 Å². The van der Waals surface area contributed by atoms with Crippen LogP contribution in [0.25, 0.3) is 0 Å². The summed E-state index contributed by atoms with van der Waals surface area (Å²) < 4.78 is 4.80. The van der Waals surface area contributed by atoms with E-state index in [9.17, 15) is 9.59 Å². The number of esters is 1. The molecule has 1 aromatic rings. The lowest BCUT2D eigenvalue weighted by Gasteiger charge is -2.29. The topological polar surface area (TPSA) is 55.4 Å². The number of hydrogen-bond acceptors (Lipinski definition) is 3. The second-order valence-electron chi connectivity index (χ2n) is 5.20. The number of hydrogen-bond donors (Lipinski definition) is 1. The molecule has 110 valence electrons. The molecule has 0 saturated heterocycles. The second-order valence-corrected chi connectivity index (χ2v) is 5.20. The SMILES string of the molecule is CCCC(C)(NC(=O)C(C)c1ccccc1)C(=O)OC. The summed E-state index contributed by atoms with van der Waals surface area (Å²) in [6, 6.07) is 9.50. The van der Waals surface area contributed by atoms with Gasteiger partial charge in [-0.3, -0.25) is 4.79 Å². The first-order valence-electron chi connectivity index (χ1n) is 6.90. The Bertz CT molecular complexity index is 458. The lowest BCUT2D eigenvalue weighted by molar-refractivity contribution is -0.150. The zero-order valence-corrected chi connectivity index (χ0v) is 12.6. The van der Waals surface area contributed by atoms with Crippen molar-refractivity contribution in [3.8, 4) is 0 Å². The van der Waals surface area contributed by atoms with E-state index in [0.29, 0.717) is 6.42 Å². The van der Waals surface area contributed by atoms with Gasteiger partial charge in [0.1, 0.15) is 5.54 Å². The molecule has 0 spiro atoms. The summed E-state index contributed by atoms with van der Waals surface area (Å²) >= 11 is 0. The largest absolute Gasteiger partial charge is 0.467 e. The van der Waals surface area contributed by atoms with Crippen LogP contribution in [0.1, 0.15) is 45.1 Å². The van der Waals surface area contributed by atoms with Crippen molar-refractivity contribution in [1.82, 2.24) is 5.32 Å². The average molecular weight is 277 g/mol. The Labute approximate surface area is 120 Å². The van der Waals surface area contributed by atoms with Crippen molar-refractivity contribution in [3.05, 3.63) is 35.9 Å². The van der Waals surface area contributed by atoms with Crippen LogP contribution in [0, 0.1) is 0 Å². The van der Waals surface area contributed by atoms with Crippen LogP contribution in [0.4, 0.5) is 0 Å². The highest BCUT2D eigenvalue weighted by molar-refractivity contribution is 5.90. The highest BCUT2D eigenvalue weighted by Gasteiger charge is 2.36. The van der Waals surface area contributed by atoms with E-state index in [1.54, 1.807) is 6.92 Å². The van der Waals surface area contributed by atoms with E-state index >= 15 is 0 Å². The molecule has 0 fully saturated rings. The highest BCUT2D eigenvalue weighted by Crippen LogP contribution is 2.19. The molecule has 2 atom stereocenters. The third-order valence-corrected chi connectivity index (χ3v) is 3.48. The maximum absolute atomic E-state index is 12.3. The fourth-order valence-electron chi connectivity index (χ4n) is 2.21. The van der Waals surface area contributed by atoms with Crippen molar-refractivity contribution < 1.29 is 14.3 Å². The van der Waals surface area contributed by atoms with Gasteiger partial charge in [-0.2, -0.15) is 0 Å². The minimum absolute atomic E-state index is 0.169. The van der Waals surface area contributed by atoms with Gasteiger partial charge in [-0.05, 0) is 25.8 Å². The zero-order valence-electron chi connectivity index (χ0n) is 12.6. The molecule has 0 aromatic heterocycles. The molecule has 1 N–H and O–H groups in total. The molecule has 0 saturated carbocycles. The summed E-state index contributed by atoms with van der Waals surface area (Å²) in [5.74, 6) is -0.887. The quantitative estimate of drug-likeness (QED) is 0.813. The lowest BCUT2D eigenvalue weighted by Crippen LogP contribution is -2.53. The summed E-state index contributed by atoms with van der Waals surface area (Å²) in [7, 11) is 1.34. The Hall–Kier alpha value is -1.84. The predicted molar refractivity (Wildman–Crippen MR) is 78.3 cm³/mol. The first kappa shape index (κ1) is 16.2. The zero-order chi connectivity index (χ0) is 15.2. The van der Waals surface area contributed by atoms with E-state index in [1.165, 1.54) is 7.11 Å². The molecule has 2 unspecified atom stereocenters. The van der Waals surface area contributed by atoms with Crippen LogP contribution >= 0.6 is 0 Å². The number of benzene rings is 1. The fourth-order valence-corrected chi connectivity index (χ4v) is 2.21. The maximum atomic E-state index is 12.3. The minimum atomic E-state index is -0.969. The van der Waals surface area contributed by atoms with Gasteiger partial charge in [0, 0.05) is 0 Å². The highest BCUT2D eigenvalue weighted by atomic mass is 16.5. The molecule has 1 rings (SSSR count). The molecule has 0 aliphatic rings. The molecular weight excluding hydrogens is 254 g/mol. The van der Waals surface area contributed by atoms with Crippen molar-refractivity contribution in [2.75, 3.05) is 7.11 Å². The van der Waals surface area contributed by atoms with Gasteiger partial charge < -0.3 is 10.1 Å². The van der Waals surface area contributed by atoms with Crippen LogP contribution in [-0.4, -0.2) is 24.5 Å². The van der Waals surface area contributed by atoms with Crippen LogP contribution < -0.4 is 5.32 Å². The van der Waals surface area contributed by atoms with Crippen LogP contribution in [0.2, 0.25) is 0 Å². The molecule has 1 aromatic carbocycles. The van der Waals surface area contributed by atoms with Crippen LogP contribution in [-0.2, 0) is 14.3 Å². The Kier molecular flexibility index (Phi) is 5.74. The van der Waals surface area contributed by atoms with Gasteiger partial charge in [0.25, 0.3) is 0 Å². The summed E-state index contributed by atoms with van der Waals surface area (Å²) in [5, 5.41) is 2.83. The monoisotopic (exact) mass is 277 g/mol.